The van der Waals surface area contributed by atoms with E-state index >= 15 is 0 Å². The molecule has 0 spiro atoms. The molecule has 2 rings (SSSR count). The Balaban J connectivity index is 1.98. The van der Waals surface area contributed by atoms with E-state index in [0.717, 1.165) is 11.3 Å². The van der Waals surface area contributed by atoms with Gasteiger partial charge in [-0.05, 0) is 30.2 Å². The summed E-state index contributed by atoms with van der Waals surface area (Å²) in [4.78, 5) is 0. The van der Waals surface area contributed by atoms with Crippen molar-refractivity contribution in [2.75, 3.05) is 6.54 Å². The summed E-state index contributed by atoms with van der Waals surface area (Å²) in [5.41, 5.74) is 0.481. The molecule has 0 saturated heterocycles. The van der Waals surface area contributed by atoms with Crippen LogP contribution in [0.15, 0.2) is 40.6 Å². The smallest absolute Gasteiger partial charge is 0.210 e. The van der Waals surface area contributed by atoms with Crippen LogP contribution in [0.4, 0.5) is 4.39 Å². The van der Waals surface area contributed by atoms with Crippen LogP contribution in [0.1, 0.15) is 5.56 Å². The van der Waals surface area contributed by atoms with E-state index in [1.807, 2.05) is 0 Å². The summed E-state index contributed by atoms with van der Waals surface area (Å²) in [5.74, 6) is -0.333. The molecule has 0 atom stereocenters. The van der Waals surface area contributed by atoms with E-state index in [9.17, 15) is 12.8 Å². The highest BCUT2D eigenvalue weighted by atomic mass is 35.5. The lowest BCUT2D eigenvalue weighted by Crippen LogP contribution is -2.25. The lowest BCUT2D eigenvalue weighted by atomic mass is 10.1. The SMILES string of the molecule is O=S(=O)(NCCc1ccccc1F)c1ccc(Cl)s1. The van der Waals surface area contributed by atoms with Crippen molar-refractivity contribution >= 4 is 33.0 Å². The maximum Gasteiger partial charge on any atom is 0.250 e. The molecule has 0 saturated carbocycles. The molecular weight excluding hydrogens is 309 g/mol. The van der Waals surface area contributed by atoms with E-state index in [1.54, 1.807) is 18.2 Å². The van der Waals surface area contributed by atoms with Crippen molar-refractivity contribution < 1.29 is 12.8 Å². The zero-order valence-electron chi connectivity index (χ0n) is 9.77. The van der Waals surface area contributed by atoms with E-state index in [0.29, 0.717) is 16.3 Å². The molecule has 0 radical (unpaired) electrons. The van der Waals surface area contributed by atoms with Crippen molar-refractivity contribution in [2.45, 2.75) is 10.6 Å². The second kappa shape index (κ2) is 6.00. The highest BCUT2D eigenvalue weighted by molar-refractivity contribution is 7.91. The summed E-state index contributed by atoms with van der Waals surface area (Å²) in [6.07, 6.45) is 0.297. The normalized spacial score (nSPS) is 11.7. The topological polar surface area (TPSA) is 46.2 Å². The van der Waals surface area contributed by atoms with Crippen molar-refractivity contribution in [3.05, 3.63) is 52.1 Å². The van der Waals surface area contributed by atoms with E-state index in [1.165, 1.54) is 18.2 Å². The molecule has 0 fully saturated rings. The molecule has 1 N–H and O–H groups in total. The van der Waals surface area contributed by atoms with Gasteiger partial charge in [0, 0.05) is 6.54 Å². The number of sulfonamides is 1. The van der Waals surface area contributed by atoms with Crippen LogP contribution >= 0.6 is 22.9 Å². The molecule has 2 aromatic rings. The van der Waals surface area contributed by atoms with Gasteiger partial charge in [-0.3, -0.25) is 0 Å². The number of hydrogen-bond donors (Lipinski definition) is 1. The average Bonchev–Trinajstić information content (AvgIpc) is 2.79. The Morgan fingerprint density at radius 3 is 2.58 bits per heavy atom. The van der Waals surface area contributed by atoms with Gasteiger partial charge >= 0.3 is 0 Å². The van der Waals surface area contributed by atoms with Crippen LogP contribution in [0.25, 0.3) is 0 Å². The molecule has 0 amide bonds. The fraction of sp³-hybridized carbons (Fsp3) is 0.167. The molecule has 0 bridgehead atoms. The number of rotatable bonds is 5. The van der Waals surface area contributed by atoms with Gasteiger partial charge in [0.15, 0.2) is 0 Å². The van der Waals surface area contributed by atoms with E-state index < -0.39 is 10.0 Å². The van der Waals surface area contributed by atoms with Crippen molar-refractivity contribution in [3.8, 4) is 0 Å². The number of nitrogens with one attached hydrogen (secondary N) is 1. The van der Waals surface area contributed by atoms with Gasteiger partial charge in [-0.2, -0.15) is 0 Å². The Kier molecular flexibility index (Phi) is 4.57. The minimum atomic E-state index is -3.56. The first kappa shape index (κ1) is 14.5. The molecule has 0 aliphatic carbocycles. The summed E-state index contributed by atoms with van der Waals surface area (Å²) in [6, 6.07) is 9.26. The number of halogens is 2. The van der Waals surface area contributed by atoms with Crippen molar-refractivity contribution in [1.82, 2.24) is 4.72 Å². The van der Waals surface area contributed by atoms with Crippen LogP contribution in [-0.4, -0.2) is 15.0 Å². The standard InChI is InChI=1S/C12H11ClFNO2S2/c13-11-5-6-12(18-11)19(16,17)15-8-7-9-3-1-2-4-10(9)14/h1-6,15H,7-8H2. The van der Waals surface area contributed by atoms with Gasteiger partial charge in [-0.1, -0.05) is 29.8 Å². The third-order valence-electron chi connectivity index (χ3n) is 2.46. The fourth-order valence-corrected chi connectivity index (χ4v) is 4.09. The summed E-state index contributed by atoms with van der Waals surface area (Å²) >= 11 is 6.68. The monoisotopic (exact) mass is 319 g/mol. The minimum Gasteiger partial charge on any atom is -0.210 e. The summed E-state index contributed by atoms with van der Waals surface area (Å²) < 4.78 is 40.1. The lowest BCUT2D eigenvalue weighted by molar-refractivity contribution is 0.579. The van der Waals surface area contributed by atoms with Crippen molar-refractivity contribution in [2.24, 2.45) is 0 Å². The predicted octanol–water partition coefficient (Wildman–Crippen LogP) is 3.06. The van der Waals surface area contributed by atoms with Crippen molar-refractivity contribution in [1.29, 1.82) is 0 Å². The number of benzene rings is 1. The molecule has 1 heterocycles. The van der Waals surface area contributed by atoms with Crippen LogP contribution in [0, 0.1) is 5.82 Å². The third kappa shape index (κ3) is 3.76. The van der Waals surface area contributed by atoms with Gasteiger partial charge in [0.05, 0.1) is 4.34 Å². The maximum absolute atomic E-state index is 13.3. The molecule has 1 aromatic carbocycles. The Morgan fingerprint density at radius 2 is 1.95 bits per heavy atom. The Labute approximate surface area is 120 Å². The van der Waals surface area contributed by atoms with Crippen LogP contribution in [-0.2, 0) is 16.4 Å². The highest BCUT2D eigenvalue weighted by Crippen LogP contribution is 2.25. The summed E-state index contributed by atoms with van der Waals surface area (Å²) in [7, 11) is -3.56. The second-order valence-electron chi connectivity index (χ2n) is 3.80. The Morgan fingerprint density at radius 1 is 1.21 bits per heavy atom. The zero-order chi connectivity index (χ0) is 13.9. The first-order valence-electron chi connectivity index (χ1n) is 5.47. The molecule has 0 unspecified atom stereocenters. The first-order chi connectivity index (χ1) is 8.99. The average molecular weight is 320 g/mol. The molecule has 7 heteroatoms. The van der Waals surface area contributed by atoms with E-state index in [-0.39, 0.29) is 16.6 Å². The van der Waals surface area contributed by atoms with Crippen LogP contribution in [0.2, 0.25) is 4.34 Å². The number of thiophene rings is 1. The van der Waals surface area contributed by atoms with Crippen LogP contribution in [0.5, 0.6) is 0 Å². The Bertz CT molecular complexity index is 670. The summed E-state index contributed by atoms with van der Waals surface area (Å²) in [6.45, 7) is 0.138. The highest BCUT2D eigenvalue weighted by Gasteiger charge is 2.16. The number of hydrogen-bond acceptors (Lipinski definition) is 3. The minimum absolute atomic E-state index is 0.138. The Hall–Kier alpha value is -0.950. The largest absolute Gasteiger partial charge is 0.250 e. The van der Waals surface area contributed by atoms with Gasteiger partial charge in [0.1, 0.15) is 10.0 Å². The zero-order valence-corrected chi connectivity index (χ0v) is 12.2. The maximum atomic E-state index is 13.3. The molecule has 102 valence electrons. The van der Waals surface area contributed by atoms with Gasteiger partial charge in [0.2, 0.25) is 10.0 Å². The molecule has 1 aromatic heterocycles. The van der Waals surface area contributed by atoms with Gasteiger partial charge in [-0.25, -0.2) is 17.5 Å². The molecular formula is C12H11ClFNO2S2. The van der Waals surface area contributed by atoms with Crippen molar-refractivity contribution in [3.63, 3.8) is 0 Å². The first-order valence-corrected chi connectivity index (χ1v) is 8.15. The molecule has 0 aliphatic heterocycles. The van der Waals surface area contributed by atoms with Gasteiger partial charge < -0.3 is 0 Å². The van der Waals surface area contributed by atoms with Gasteiger partial charge in [-0.15, -0.1) is 11.3 Å². The molecule has 3 nitrogen and oxygen atoms in total. The predicted molar refractivity (Wildman–Crippen MR) is 74.6 cm³/mol. The van der Waals surface area contributed by atoms with Gasteiger partial charge in [0.25, 0.3) is 0 Å². The van der Waals surface area contributed by atoms with E-state index in [2.05, 4.69) is 4.72 Å². The fourth-order valence-electron chi connectivity index (χ4n) is 1.53. The second-order valence-corrected chi connectivity index (χ2v) is 7.51. The third-order valence-corrected chi connectivity index (χ3v) is 5.64. The van der Waals surface area contributed by atoms with E-state index in [4.69, 9.17) is 11.6 Å². The summed E-state index contributed by atoms with van der Waals surface area (Å²) in [5, 5.41) is 0. The quantitative estimate of drug-likeness (QED) is 0.920. The lowest BCUT2D eigenvalue weighted by Gasteiger charge is -2.05. The molecule has 0 aliphatic rings. The molecule has 19 heavy (non-hydrogen) atoms. The van der Waals surface area contributed by atoms with Crippen LogP contribution < -0.4 is 4.72 Å². The van der Waals surface area contributed by atoms with Crippen LogP contribution in [0.3, 0.4) is 0 Å².